The van der Waals surface area contributed by atoms with E-state index in [4.69, 9.17) is 9.47 Å². The number of amides is 1. The van der Waals surface area contributed by atoms with Gasteiger partial charge in [0.25, 0.3) is 0 Å². The molecule has 1 N–H and O–H groups in total. The molecule has 1 aliphatic carbocycles. The molecule has 1 fully saturated rings. The average molecular weight is 442 g/mol. The summed E-state index contributed by atoms with van der Waals surface area (Å²) in [6.07, 6.45) is 4.57. The van der Waals surface area contributed by atoms with Crippen molar-refractivity contribution >= 4 is 43.6 Å². The van der Waals surface area contributed by atoms with E-state index in [1.807, 2.05) is 5.38 Å². The van der Waals surface area contributed by atoms with E-state index in [1.54, 1.807) is 17.7 Å². The number of ether oxygens (including phenoxy) is 2. The van der Waals surface area contributed by atoms with Gasteiger partial charge in [-0.15, -0.1) is 11.3 Å². The summed E-state index contributed by atoms with van der Waals surface area (Å²) in [7, 11) is 1.40. The maximum atomic E-state index is 11.9. The lowest BCUT2D eigenvalue weighted by molar-refractivity contribution is 0.0351. The SMILES string of the molecule is COC(=O)NC1(C(C)(C)C)CCC(Oc2ncnc3scc(Br)c23)CC1. The van der Waals surface area contributed by atoms with Crippen molar-refractivity contribution in [3.05, 3.63) is 16.2 Å². The number of methoxy groups -OCH3 is 1. The number of carbonyl (C=O) groups is 1. The van der Waals surface area contributed by atoms with Crippen LogP contribution in [0.4, 0.5) is 4.79 Å². The summed E-state index contributed by atoms with van der Waals surface area (Å²) in [4.78, 5) is 21.4. The highest BCUT2D eigenvalue weighted by Gasteiger charge is 2.46. The molecule has 2 heterocycles. The van der Waals surface area contributed by atoms with Gasteiger partial charge in [0.15, 0.2) is 0 Å². The number of nitrogens with one attached hydrogen (secondary N) is 1. The minimum atomic E-state index is -0.376. The fourth-order valence-corrected chi connectivity index (χ4v) is 5.10. The number of hydrogen-bond donors (Lipinski definition) is 1. The highest BCUT2D eigenvalue weighted by molar-refractivity contribution is 9.10. The number of rotatable bonds is 3. The van der Waals surface area contributed by atoms with E-state index in [0.717, 1.165) is 40.4 Å². The van der Waals surface area contributed by atoms with E-state index in [0.29, 0.717) is 5.88 Å². The van der Waals surface area contributed by atoms with Crippen LogP contribution in [0.2, 0.25) is 0 Å². The zero-order valence-electron chi connectivity index (χ0n) is 15.5. The summed E-state index contributed by atoms with van der Waals surface area (Å²) < 4.78 is 12.0. The van der Waals surface area contributed by atoms with Gasteiger partial charge in [0.2, 0.25) is 5.88 Å². The molecule has 0 aliphatic heterocycles. The summed E-state index contributed by atoms with van der Waals surface area (Å²) in [5.41, 5.74) is -0.380. The number of aromatic nitrogens is 2. The van der Waals surface area contributed by atoms with E-state index in [2.05, 4.69) is 52.0 Å². The molecule has 2 aromatic rings. The normalized spacial score (nSPS) is 23.7. The smallest absolute Gasteiger partial charge is 0.407 e. The standard InChI is InChI=1S/C18H24BrN3O3S/c1-17(2,3)18(22-16(23)24-4)7-5-11(6-8-18)25-14-13-12(19)9-26-15(13)21-10-20-14/h9-11H,5-8H2,1-4H3,(H,22,23). The highest BCUT2D eigenvalue weighted by Crippen LogP contribution is 2.43. The van der Waals surface area contributed by atoms with Crippen molar-refractivity contribution < 1.29 is 14.3 Å². The maximum absolute atomic E-state index is 11.9. The summed E-state index contributed by atoms with van der Waals surface area (Å²) >= 11 is 5.11. The molecule has 1 amide bonds. The van der Waals surface area contributed by atoms with E-state index in [9.17, 15) is 4.79 Å². The van der Waals surface area contributed by atoms with E-state index in [-0.39, 0.29) is 23.2 Å². The van der Waals surface area contributed by atoms with Crippen LogP contribution in [0, 0.1) is 5.41 Å². The Hall–Kier alpha value is -1.41. The zero-order valence-corrected chi connectivity index (χ0v) is 17.9. The first-order valence-corrected chi connectivity index (χ1v) is 10.3. The van der Waals surface area contributed by atoms with Gasteiger partial charge < -0.3 is 14.8 Å². The minimum absolute atomic E-state index is 0.0646. The van der Waals surface area contributed by atoms with Gasteiger partial charge in [-0.2, -0.15) is 0 Å². The number of carbonyl (C=O) groups excluding carboxylic acids is 1. The molecule has 0 atom stereocenters. The Kier molecular flexibility index (Phi) is 5.44. The summed E-state index contributed by atoms with van der Waals surface area (Å²) in [6, 6.07) is 0. The molecule has 3 rings (SSSR count). The second kappa shape index (κ2) is 7.31. The van der Waals surface area contributed by atoms with Crippen LogP contribution in [-0.2, 0) is 4.74 Å². The number of halogens is 1. The summed E-state index contributed by atoms with van der Waals surface area (Å²) in [6.45, 7) is 6.46. The monoisotopic (exact) mass is 441 g/mol. The van der Waals surface area contributed by atoms with E-state index < -0.39 is 0 Å². The number of fused-ring (bicyclic) bond motifs is 1. The number of thiophene rings is 1. The van der Waals surface area contributed by atoms with Crippen LogP contribution in [0.1, 0.15) is 46.5 Å². The second-order valence-corrected chi connectivity index (χ2v) is 9.42. The molecule has 0 bridgehead atoms. The van der Waals surface area contributed by atoms with Crippen molar-refractivity contribution in [2.24, 2.45) is 5.41 Å². The van der Waals surface area contributed by atoms with Gasteiger partial charge in [-0.1, -0.05) is 20.8 Å². The van der Waals surface area contributed by atoms with Gasteiger partial charge in [0.05, 0.1) is 12.5 Å². The first kappa shape index (κ1) is 19.4. The van der Waals surface area contributed by atoms with Gasteiger partial charge in [-0.25, -0.2) is 14.8 Å². The number of alkyl carbamates (subject to hydrolysis) is 1. The molecule has 0 unspecified atom stereocenters. The number of nitrogens with zero attached hydrogens (tertiary/aromatic N) is 2. The van der Waals surface area contributed by atoms with Crippen LogP contribution in [0.5, 0.6) is 5.88 Å². The topological polar surface area (TPSA) is 73.3 Å². The zero-order chi connectivity index (χ0) is 18.9. The van der Waals surface area contributed by atoms with Crippen molar-refractivity contribution in [2.75, 3.05) is 7.11 Å². The Morgan fingerprint density at radius 3 is 2.65 bits per heavy atom. The molecule has 1 saturated carbocycles. The van der Waals surface area contributed by atoms with Gasteiger partial charge in [0.1, 0.15) is 17.3 Å². The van der Waals surface area contributed by atoms with Crippen molar-refractivity contribution in [3.8, 4) is 5.88 Å². The average Bonchev–Trinajstić information content (AvgIpc) is 2.98. The lowest BCUT2D eigenvalue weighted by atomic mass is 9.65. The second-order valence-electron chi connectivity index (χ2n) is 7.71. The van der Waals surface area contributed by atoms with Crippen molar-refractivity contribution in [3.63, 3.8) is 0 Å². The van der Waals surface area contributed by atoms with E-state index >= 15 is 0 Å². The molecular formula is C18H24BrN3O3S. The minimum Gasteiger partial charge on any atom is -0.474 e. The molecule has 0 spiro atoms. The van der Waals surface area contributed by atoms with Crippen molar-refractivity contribution in [1.29, 1.82) is 0 Å². The Morgan fingerprint density at radius 1 is 1.35 bits per heavy atom. The van der Waals surface area contributed by atoms with Crippen molar-refractivity contribution in [2.45, 2.75) is 58.1 Å². The maximum Gasteiger partial charge on any atom is 0.407 e. The summed E-state index contributed by atoms with van der Waals surface area (Å²) in [5, 5.41) is 6.02. The van der Waals surface area contributed by atoms with Crippen LogP contribution in [0.25, 0.3) is 10.2 Å². The lowest BCUT2D eigenvalue weighted by Crippen LogP contribution is -2.59. The van der Waals surface area contributed by atoms with Gasteiger partial charge >= 0.3 is 6.09 Å². The van der Waals surface area contributed by atoms with Crippen LogP contribution < -0.4 is 10.1 Å². The van der Waals surface area contributed by atoms with Gasteiger partial charge in [0, 0.05) is 15.4 Å². The Balaban J connectivity index is 1.74. The highest BCUT2D eigenvalue weighted by atomic mass is 79.9. The lowest BCUT2D eigenvalue weighted by Gasteiger charge is -2.49. The first-order chi connectivity index (χ1) is 12.3. The van der Waals surface area contributed by atoms with Crippen LogP contribution in [0.3, 0.4) is 0 Å². The Bertz CT molecular complexity index is 795. The Labute approximate surface area is 165 Å². The van der Waals surface area contributed by atoms with Gasteiger partial charge in [-0.05, 0) is 47.0 Å². The molecule has 0 radical (unpaired) electrons. The largest absolute Gasteiger partial charge is 0.474 e. The van der Waals surface area contributed by atoms with Crippen molar-refractivity contribution in [1.82, 2.24) is 15.3 Å². The molecule has 8 heteroatoms. The van der Waals surface area contributed by atoms with Crippen LogP contribution in [-0.4, -0.2) is 34.8 Å². The Morgan fingerprint density at radius 2 is 2.04 bits per heavy atom. The molecule has 6 nitrogen and oxygen atoms in total. The predicted octanol–water partition coefficient (Wildman–Crippen LogP) is 4.92. The molecule has 142 valence electrons. The third-order valence-electron chi connectivity index (χ3n) is 5.32. The third-order valence-corrected chi connectivity index (χ3v) is 7.13. The fraction of sp³-hybridized carbons (Fsp3) is 0.611. The molecule has 26 heavy (non-hydrogen) atoms. The quantitative estimate of drug-likeness (QED) is 0.731. The molecule has 0 saturated heterocycles. The molecule has 0 aromatic carbocycles. The molecular weight excluding hydrogens is 418 g/mol. The third kappa shape index (κ3) is 3.67. The van der Waals surface area contributed by atoms with E-state index in [1.165, 1.54) is 7.11 Å². The first-order valence-electron chi connectivity index (χ1n) is 8.66. The fourth-order valence-electron chi connectivity index (χ4n) is 3.57. The number of hydrogen-bond acceptors (Lipinski definition) is 6. The van der Waals surface area contributed by atoms with Gasteiger partial charge in [-0.3, -0.25) is 0 Å². The summed E-state index contributed by atoms with van der Waals surface area (Å²) in [5.74, 6) is 0.623. The predicted molar refractivity (Wildman–Crippen MR) is 106 cm³/mol. The van der Waals surface area contributed by atoms with Crippen LogP contribution in [0.15, 0.2) is 16.2 Å². The molecule has 1 aliphatic rings. The van der Waals surface area contributed by atoms with Crippen LogP contribution >= 0.6 is 27.3 Å². The molecule has 2 aromatic heterocycles.